The van der Waals surface area contributed by atoms with E-state index >= 15 is 0 Å². The number of oxime groups is 1. The van der Waals surface area contributed by atoms with Crippen LogP contribution < -0.4 is 0 Å². The summed E-state index contributed by atoms with van der Waals surface area (Å²) < 4.78 is 0. The molecule has 4 atom stereocenters. The van der Waals surface area contributed by atoms with Crippen LogP contribution in [0.4, 0.5) is 0 Å². The van der Waals surface area contributed by atoms with Gasteiger partial charge in [0, 0.05) is 24.2 Å². The van der Waals surface area contributed by atoms with E-state index in [9.17, 15) is 0 Å². The van der Waals surface area contributed by atoms with E-state index in [0.29, 0.717) is 34.0 Å². The molecule has 4 rings (SSSR count). The molecule has 1 saturated carbocycles. The molecule has 1 aromatic rings. The average molecular weight is 367 g/mol. The Hall–Kier alpha value is -0.770. The highest BCUT2D eigenvalue weighted by Gasteiger charge is 2.45. The first kappa shape index (κ1) is 16.7. The van der Waals surface area contributed by atoms with Crippen molar-refractivity contribution in [1.29, 1.82) is 0 Å². The quantitative estimate of drug-likeness (QED) is 0.542. The smallest absolute Gasteiger partial charge is 0.120 e. The number of piperidine rings is 1. The van der Waals surface area contributed by atoms with Gasteiger partial charge in [0.15, 0.2) is 0 Å². The molecule has 2 aliphatic heterocycles. The van der Waals surface area contributed by atoms with E-state index in [0.717, 1.165) is 18.9 Å². The third-order valence-electron chi connectivity index (χ3n) is 6.02. The van der Waals surface area contributed by atoms with E-state index in [1.165, 1.54) is 31.2 Å². The Bertz CT molecular complexity index is 632. The van der Waals surface area contributed by atoms with Gasteiger partial charge in [0.05, 0.1) is 10.0 Å². The molecular formula is C19H24Cl2N2O. The van der Waals surface area contributed by atoms with Crippen LogP contribution in [0, 0.1) is 11.8 Å². The summed E-state index contributed by atoms with van der Waals surface area (Å²) in [5.41, 5.74) is 1.27. The first-order valence-corrected chi connectivity index (χ1v) is 9.71. The molecule has 3 aliphatic rings. The van der Waals surface area contributed by atoms with Crippen molar-refractivity contribution in [2.24, 2.45) is 17.0 Å². The van der Waals surface area contributed by atoms with Crippen molar-refractivity contribution in [1.82, 2.24) is 4.90 Å². The number of hydrogen-bond acceptors (Lipinski definition) is 3. The summed E-state index contributed by atoms with van der Waals surface area (Å²) in [7, 11) is 2.25. The molecule has 1 aromatic carbocycles. The topological polar surface area (TPSA) is 24.8 Å². The number of benzene rings is 1. The lowest BCUT2D eigenvalue weighted by Gasteiger charge is -2.41. The average Bonchev–Trinajstić information content (AvgIpc) is 3.35. The fourth-order valence-electron chi connectivity index (χ4n) is 4.36. The molecule has 5 heteroatoms. The molecular weight excluding hydrogens is 343 g/mol. The fourth-order valence-corrected chi connectivity index (χ4v) is 4.67. The zero-order chi connectivity index (χ0) is 16.7. The van der Waals surface area contributed by atoms with E-state index in [1.54, 1.807) is 0 Å². The summed E-state index contributed by atoms with van der Waals surface area (Å²) in [5.74, 6) is 1.53. The third kappa shape index (κ3) is 3.31. The number of hydrogen-bond donors (Lipinski definition) is 0. The summed E-state index contributed by atoms with van der Waals surface area (Å²) in [6, 6.07) is 7.26. The van der Waals surface area contributed by atoms with Gasteiger partial charge in [-0.25, -0.2) is 0 Å². The predicted octanol–water partition coefficient (Wildman–Crippen LogP) is 4.97. The maximum atomic E-state index is 6.27. The Morgan fingerprint density at radius 3 is 2.79 bits per heavy atom. The molecule has 24 heavy (non-hydrogen) atoms. The Labute approximate surface area is 153 Å². The van der Waals surface area contributed by atoms with E-state index in [2.05, 4.69) is 29.4 Å². The van der Waals surface area contributed by atoms with Crippen molar-refractivity contribution in [3.05, 3.63) is 33.8 Å². The van der Waals surface area contributed by atoms with Crippen LogP contribution in [0.5, 0.6) is 0 Å². The van der Waals surface area contributed by atoms with Crippen LogP contribution in [0.3, 0.4) is 0 Å². The maximum absolute atomic E-state index is 6.27. The highest BCUT2D eigenvalue weighted by atomic mass is 35.5. The Balaban J connectivity index is 1.55. The zero-order valence-corrected chi connectivity index (χ0v) is 15.5. The van der Waals surface area contributed by atoms with E-state index in [4.69, 9.17) is 28.0 Å². The monoisotopic (exact) mass is 366 g/mol. The SMILES string of the molecule is CN1C2CC[C@@H]1[C@H](/C=N/OCC1CC1)[C@@H](c1ccc(Cl)c(Cl)c1)C2. The second-order valence-electron chi connectivity index (χ2n) is 7.55. The Kier molecular flexibility index (Phi) is 4.77. The van der Waals surface area contributed by atoms with Crippen molar-refractivity contribution >= 4 is 29.4 Å². The molecule has 1 aliphatic carbocycles. The normalized spacial score (nSPS) is 33.3. The predicted molar refractivity (Wildman–Crippen MR) is 99.1 cm³/mol. The molecule has 0 radical (unpaired) electrons. The maximum Gasteiger partial charge on any atom is 0.120 e. The number of halogens is 2. The number of nitrogens with zero attached hydrogens (tertiary/aromatic N) is 2. The molecule has 2 heterocycles. The molecule has 0 spiro atoms. The van der Waals surface area contributed by atoms with Gasteiger partial charge in [0.2, 0.25) is 0 Å². The van der Waals surface area contributed by atoms with E-state index < -0.39 is 0 Å². The summed E-state index contributed by atoms with van der Waals surface area (Å²) in [6.45, 7) is 0.768. The second-order valence-corrected chi connectivity index (χ2v) is 8.37. The Morgan fingerprint density at radius 2 is 2.04 bits per heavy atom. The van der Waals surface area contributed by atoms with Crippen LogP contribution in [0.25, 0.3) is 0 Å². The van der Waals surface area contributed by atoms with Gasteiger partial charge in [-0.3, -0.25) is 4.90 Å². The molecule has 2 bridgehead atoms. The van der Waals surface area contributed by atoms with Gasteiger partial charge in [-0.2, -0.15) is 0 Å². The van der Waals surface area contributed by atoms with Crippen molar-refractivity contribution in [3.63, 3.8) is 0 Å². The summed E-state index contributed by atoms with van der Waals surface area (Å²) in [5, 5.41) is 5.59. The van der Waals surface area contributed by atoms with Crippen LogP contribution in [0.1, 0.15) is 43.6 Å². The molecule has 2 saturated heterocycles. The largest absolute Gasteiger partial charge is 0.396 e. The highest BCUT2D eigenvalue weighted by Crippen LogP contribution is 2.46. The standard InChI is InChI=1S/C19H24Cl2N2O/c1-23-14-5-7-19(23)16(10-22-24-11-12-2-3-12)15(9-14)13-4-6-17(20)18(21)8-13/h4,6,8,10,12,14-16,19H,2-3,5,7,9,11H2,1H3/b22-10+/t14?,15-,16-,19-/m1/s1. The van der Waals surface area contributed by atoms with Gasteiger partial charge in [-0.15, -0.1) is 0 Å². The first-order valence-electron chi connectivity index (χ1n) is 8.96. The molecule has 0 amide bonds. The summed E-state index contributed by atoms with van der Waals surface area (Å²) >= 11 is 12.4. The molecule has 1 unspecified atom stereocenters. The van der Waals surface area contributed by atoms with E-state index in [1.807, 2.05) is 12.1 Å². The van der Waals surface area contributed by atoms with Gasteiger partial charge < -0.3 is 4.84 Å². The summed E-state index contributed by atoms with van der Waals surface area (Å²) in [6.07, 6.45) is 8.28. The molecule has 0 N–H and O–H groups in total. The van der Waals surface area contributed by atoms with Gasteiger partial charge in [-0.05, 0) is 68.7 Å². The van der Waals surface area contributed by atoms with Crippen molar-refractivity contribution in [3.8, 4) is 0 Å². The molecule has 130 valence electrons. The van der Waals surface area contributed by atoms with Gasteiger partial charge in [0.1, 0.15) is 6.61 Å². The van der Waals surface area contributed by atoms with Crippen LogP contribution >= 0.6 is 23.2 Å². The number of fused-ring (bicyclic) bond motifs is 2. The lowest BCUT2D eigenvalue weighted by molar-refractivity contribution is 0.117. The number of rotatable bonds is 5. The lowest BCUT2D eigenvalue weighted by Crippen LogP contribution is -2.46. The minimum atomic E-state index is 0.366. The van der Waals surface area contributed by atoms with Crippen molar-refractivity contribution in [2.75, 3.05) is 13.7 Å². The second kappa shape index (κ2) is 6.86. The fraction of sp³-hybridized carbons (Fsp3) is 0.632. The highest BCUT2D eigenvalue weighted by molar-refractivity contribution is 6.42. The van der Waals surface area contributed by atoms with Crippen LogP contribution in [-0.2, 0) is 4.84 Å². The summed E-state index contributed by atoms with van der Waals surface area (Å²) in [4.78, 5) is 8.07. The third-order valence-corrected chi connectivity index (χ3v) is 6.76. The van der Waals surface area contributed by atoms with Gasteiger partial charge >= 0.3 is 0 Å². The van der Waals surface area contributed by atoms with Crippen LogP contribution in [-0.4, -0.2) is 36.9 Å². The molecule has 3 nitrogen and oxygen atoms in total. The first-order chi connectivity index (χ1) is 11.6. The van der Waals surface area contributed by atoms with Gasteiger partial charge in [0.25, 0.3) is 0 Å². The minimum absolute atomic E-state index is 0.366. The van der Waals surface area contributed by atoms with E-state index in [-0.39, 0.29) is 0 Å². The lowest BCUT2D eigenvalue weighted by atomic mass is 9.77. The minimum Gasteiger partial charge on any atom is -0.396 e. The van der Waals surface area contributed by atoms with Gasteiger partial charge in [-0.1, -0.05) is 34.4 Å². The zero-order valence-electron chi connectivity index (χ0n) is 14.0. The van der Waals surface area contributed by atoms with Crippen molar-refractivity contribution in [2.45, 2.75) is 50.1 Å². The molecule has 0 aromatic heterocycles. The Morgan fingerprint density at radius 1 is 1.21 bits per heavy atom. The van der Waals surface area contributed by atoms with Crippen LogP contribution in [0.2, 0.25) is 10.0 Å². The van der Waals surface area contributed by atoms with Crippen molar-refractivity contribution < 1.29 is 4.84 Å². The molecule has 3 fully saturated rings. The van der Waals surface area contributed by atoms with Crippen LogP contribution in [0.15, 0.2) is 23.4 Å².